The first-order chi connectivity index (χ1) is 20.0. The van der Waals surface area contributed by atoms with Crippen LogP contribution in [0.4, 0.5) is 5.69 Å². The lowest BCUT2D eigenvalue weighted by Gasteiger charge is -2.12. The minimum Gasteiger partial charge on any atom is -0.494 e. The van der Waals surface area contributed by atoms with E-state index < -0.39 is 5.97 Å². The molecule has 0 aliphatic rings. The number of ether oxygens (including phenoxy) is 3. The summed E-state index contributed by atoms with van der Waals surface area (Å²) in [5, 5.41) is 3.61. The van der Waals surface area contributed by atoms with E-state index in [9.17, 15) is 9.59 Å². The number of carbonyl (C=O) groups excluding carboxylic acids is 2. The number of nitrogens with zero attached hydrogens (tertiary/aromatic N) is 1. The van der Waals surface area contributed by atoms with E-state index in [0.29, 0.717) is 52.1 Å². The Kier molecular flexibility index (Phi) is 8.91. The maximum Gasteiger partial charge on any atom is 0.343 e. The minimum absolute atomic E-state index is 0.266. The molecule has 1 N–H and O–H groups in total. The third-order valence-corrected chi connectivity index (χ3v) is 7.19. The van der Waals surface area contributed by atoms with Crippen molar-refractivity contribution in [2.45, 2.75) is 26.7 Å². The van der Waals surface area contributed by atoms with Crippen LogP contribution in [0, 0.1) is 0 Å². The molecular weight excluding hydrogens is 536 g/mol. The van der Waals surface area contributed by atoms with E-state index in [1.807, 2.05) is 38.1 Å². The van der Waals surface area contributed by atoms with Gasteiger partial charge in [-0.3, -0.25) is 4.79 Å². The molecule has 0 unspecified atom stereocenters. The van der Waals surface area contributed by atoms with Crippen LogP contribution in [-0.4, -0.2) is 30.1 Å². The van der Waals surface area contributed by atoms with Crippen LogP contribution >= 0.6 is 11.3 Å². The molecule has 41 heavy (non-hydrogen) atoms. The molecule has 0 fully saturated rings. The number of esters is 1. The lowest BCUT2D eigenvalue weighted by molar-refractivity contribution is 0.0735. The molecule has 0 atom stereocenters. The second-order valence-corrected chi connectivity index (χ2v) is 10.3. The molecule has 1 amide bonds. The number of thiazole rings is 1. The predicted octanol–water partition coefficient (Wildman–Crippen LogP) is 8.01. The van der Waals surface area contributed by atoms with E-state index in [2.05, 4.69) is 5.32 Å². The first kappa shape index (κ1) is 27.9. The highest BCUT2D eigenvalue weighted by Crippen LogP contribution is 2.38. The second-order valence-electron chi connectivity index (χ2n) is 9.29. The summed E-state index contributed by atoms with van der Waals surface area (Å²) in [7, 11) is 0. The highest BCUT2D eigenvalue weighted by Gasteiger charge is 2.18. The van der Waals surface area contributed by atoms with Gasteiger partial charge in [0.25, 0.3) is 5.91 Å². The lowest BCUT2D eigenvalue weighted by atomic mass is 10.1. The summed E-state index contributed by atoms with van der Waals surface area (Å²) < 4.78 is 18.1. The normalized spacial score (nSPS) is 10.8. The van der Waals surface area contributed by atoms with E-state index >= 15 is 0 Å². The maximum absolute atomic E-state index is 13.1. The van der Waals surface area contributed by atoms with Crippen molar-refractivity contribution in [3.05, 3.63) is 102 Å². The molecule has 4 aromatic carbocycles. The van der Waals surface area contributed by atoms with E-state index in [4.69, 9.17) is 19.2 Å². The van der Waals surface area contributed by atoms with Crippen molar-refractivity contribution in [3.8, 4) is 27.8 Å². The smallest absolute Gasteiger partial charge is 0.343 e. The van der Waals surface area contributed by atoms with Crippen molar-refractivity contribution in [1.82, 2.24) is 4.98 Å². The van der Waals surface area contributed by atoms with Gasteiger partial charge >= 0.3 is 5.97 Å². The zero-order chi connectivity index (χ0) is 28.6. The molecule has 5 rings (SSSR count). The first-order valence-corrected chi connectivity index (χ1v) is 14.3. The SMILES string of the molecule is CCCOc1ccc(C(=O)Nc2ccc(OC(=O)c3ccc(OCCC)cc3)c(-c3nc4ccccc4s3)c2)cc1. The molecule has 7 nitrogen and oxygen atoms in total. The number of fused-ring (bicyclic) bond motifs is 1. The molecule has 0 bridgehead atoms. The molecular formula is C33H30N2O5S. The molecule has 5 aromatic rings. The molecule has 0 aliphatic heterocycles. The molecule has 0 radical (unpaired) electrons. The Morgan fingerprint density at radius 1 is 0.780 bits per heavy atom. The van der Waals surface area contributed by atoms with Crippen molar-refractivity contribution >= 4 is 39.1 Å². The Balaban J connectivity index is 1.40. The Morgan fingerprint density at radius 3 is 2.05 bits per heavy atom. The van der Waals surface area contributed by atoms with Crippen LogP contribution in [0.1, 0.15) is 47.4 Å². The first-order valence-electron chi connectivity index (χ1n) is 13.5. The fourth-order valence-electron chi connectivity index (χ4n) is 4.04. The molecule has 1 heterocycles. The fourth-order valence-corrected chi connectivity index (χ4v) is 5.03. The molecule has 208 valence electrons. The molecule has 0 spiro atoms. The number of rotatable bonds is 11. The number of aromatic nitrogens is 1. The Bertz CT molecular complexity index is 1610. The summed E-state index contributed by atoms with van der Waals surface area (Å²) in [6.45, 7) is 5.30. The van der Waals surface area contributed by atoms with E-state index in [1.54, 1.807) is 66.7 Å². The summed E-state index contributed by atoms with van der Waals surface area (Å²) in [5.41, 5.74) is 2.88. The summed E-state index contributed by atoms with van der Waals surface area (Å²) >= 11 is 1.48. The topological polar surface area (TPSA) is 86.8 Å². The summed E-state index contributed by atoms with van der Waals surface area (Å²) in [5.74, 6) is 0.988. The van der Waals surface area contributed by atoms with Gasteiger partial charge in [0.05, 0.1) is 34.6 Å². The highest BCUT2D eigenvalue weighted by molar-refractivity contribution is 7.21. The van der Waals surface area contributed by atoms with Gasteiger partial charge < -0.3 is 19.5 Å². The van der Waals surface area contributed by atoms with Crippen LogP contribution < -0.4 is 19.5 Å². The minimum atomic E-state index is -0.503. The number of para-hydroxylation sites is 1. The van der Waals surface area contributed by atoms with Crippen molar-refractivity contribution < 1.29 is 23.8 Å². The molecule has 0 saturated heterocycles. The lowest BCUT2D eigenvalue weighted by Crippen LogP contribution is -2.13. The van der Waals surface area contributed by atoms with Gasteiger partial charge in [0.1, 0.15) is 22.3 Å². The standard InChI is InChI=1S/C33H30N2O5S/c1-3-19-38-25-14-9-22(10-15-25)31(36)34-24-13-18-29(27(21-24)32-35-28-7-5-6-8-30(28)41-32)40-33(37)23-11-16-26(17-12-23)39-20-4-2/h5-18,21H,3-4,19-20H2,1-2H3,(H,34,36). The van der Waals surface area contributed by atoms with Gasteiger partial charge in [-0.2, -0.15) is 0 Å². The van der Waals surface area contributed by atoms with Crippen molar-refractivity contribution in [2.75, 3.05) is 18.5 Å². The van der Waals surface area contributed by atoms with Crippen LogP contribution in [-0.2, 0) is 0 Å². The van der Waals surface area contributed by atoms with Crippen LogP contribution in [0.2, 0.25) is 0 Å². The summed E-state index contributed by atoms with van der Waals surface area (Å²) in [4.78, 5) is 30.8. The number of hydrogen-bond acceptors (Lipinski definition) is 7. The largest absolute Gasteiger partial charge is 0.494 e. The molecule has 1 aromatic heterocycles. The number of hydrogen-bond donors (Lipinski definition) is 1. The number of anilines is 1. The molecule has 0 aliphatic carbocycles. The van der Waals surface area contributed by atoms with Gasteiger partial charge in [0.2, 0.25) is 0 Å². The van der Waals surface area contributed by atoms with Crippen LogP contribution in [0.5, 0.6) is 17.2 Å². The van der Waals surface area contributed by atoms with Gasteiger partial charge in [-0.25, -0.2) is 9.78 Å². The molecule has 0 saturated carbocycles. The number of carbonyl (C=O) groups is 2. The Hall–Kier alpha value is -4.69. The zero-order valence-electron chi connectivity index (χ0n) is 22.9. The third kappa shape index (κ3) is 6.91. The monoisotopic (exact) mass is 566 g/mol. The average Bonchev–Trinajstić information content (AvgIpc) is 3.44. The maximum atomic E-state index is 13.1. The fraction of sp³-hybridized carbons (Fsp3) is 0.182. The van der Waals surface area contributed by atoms with Gasteiger partial charge in [-0.1, -0.05) is 26.0 Å². The average molecular weight is 567 g/mol. The van der Waals surface area contributed by atoms with Gasteiger partial charge in [-0.05, 0) is 91.7 Å². The third-order valence-electron chi connectivity index (χ3n) is 6.12. The van der Waals surface area contributed by atoms with E-state index in [-0.39, 0.29) is 5.91 Å². The van der Waals surface area contributed by atoms with Gasteiger partial charge in [0.15, 0.2) is 0 Å². The predicted molar refractivity (Wildman–Crippen MR) is 162 cm³/mol. The number of amides is 1. The Labute approximate surface area is 242 Å². The number of benzene rings is 4. The van der Waals surface area contributed by atoms with Crippen LogP contribution in [0.3, 0.4) is 0 Å². The van der Waals surface area contributed by atoms with Gasteiger partial charge in [0, 0.05) is 11.3 Å². The van der Waals surface area contributed by atoms with E-state index in [0.717, 1.165) is 28.8 Å². The molecule has 8 heteroatoms. The summed E-state index contributed by atoms with van der Waals surface area (Å²) in [6.07, 6.45) is 1.81. The second kappa shape index (κ2) is 13.1. The van der Waals surface area contributed by atoms with Crippen molar-refractivity contribution in [1.29, 1.82) is 0 Å². The Morgan fingerprint density at radius 2 is 1.41 bits per heavy atom. The van der Waals surface area contributed by atoms with Crippen LogP contribution in [0.25, 0.3) is 20.8 Å². The highest BCUT2D eigenvalue weighted by atomic mass is 32.1. The van der Waals surface area contributed by atoms with Crippen molar-refractivity contribution in [2.24, 2.45) is 0 Å². The van der Waals surface area contributed by atoms with E-state index in [1.165, 1.54) is 11.3 Å². The zero-order valence-corrected chi connectivity index (χ0v) is 23.7. The van der Waals surface area contributed by atoms with Crippen LogP contribution in [0.15, 0.2) is 91.0 Å². The quantitative estimate of drug-likeness (QED) is 0.129. The van der Waals surface area contributed by atoms with Gasteiger partial charge in [-0.15, -0.1) is 11.3 Å². The van der Waals surface area contributed by atoms with Crippen molar-refractivity contribution in [3.63, 3.8) is 0 Å². The summed E-state index contributed by atoms with van der Waals surface area (Å²) in [6, 6.07) is 26.8. The number of nitrogens with one attached hydrogen (secondary N) is 1.